The Labute approximate surface area is 207 Å². The van der Waals surface area contributed by atoms with Gasteiger partial charge in [-0.3, -0.25) is 0 Å². The van der Waals surface area contributed by atoms with Crippen LogP contribution in [0.1, 0.15) is 33.3 Å². The molecular formula is C23H28BrN5O4S. The number of carbonyl (C=O) groups is 1. The van der Waals surface area contributed by atoms with Crippen molar-refractivity contribution in [2.75, 3.05) is 24.5 Å². The Kier molecular flexibility index (Phi) is 6.36. The van der Waals surface area contributed by atoms with Crippen LogP contribution in [0.25, 0.3) is 11.0 Å². The summed E-state index contributed by atoms with van der Waals surface area (Å²) in [5, 5.41) is 0.607. The number of rotatable bonds is 3. The molecule has 4 rings (SSSR count). The third-order valence-corrected chi connectivity index (χ3v) is 7.88. The molecule has 1 saturated heterocycles. The largest absolute Gasteiger partial charge is 0.444 e. The van der Waals surface area contributed by atoms with Gasteiger partial charge < -0.3 is 14.5 Å². The number of piperazine rings is 1. The SMILES string of the molecule is Cc1ccc(S(=O)(=O)n2cc(Br)c3c(N4CCN(C(=O)OC(C)(C)C)C[C@@H]4C)ncnc32)cc1. The summed E-state index contributed by atoms with van der Waals surface area (Å²) in [7, 11) is -3.85. The van der Waals surface area contributed by atoms with Crippen molar-refractivity contribution in [2.24, 2.45) is 0 Å². The molecule has 0 aliphatic carbocycles. The molecule has 1 aliphatic rings. The van der Waals surface area contributed by atoms with Crippen LogP contribution in [-0.4, -0.2) is 64.6 Å². The topological polar surface area (TPSA) is 97.6 Å². The van der Waals surface area contributed by atoms with Crippen LogP contribution in [0.3, 0.4) is 0 Å². The summed E-state index contributed by atoms with van der Waals surface area (Å²) in [6.07, 6.45) is 2.54. The highest BCUT2D eigenvalue weighted by molar-refractivity contribution is 9.10. The molecule has 0 N–H and O–H groups in total. The van der Waals surface area contributed by atoms with E-state index in [0.29, 0.717) is 41.0 Å². The number of halogens is 1. The van der Waals surface area contributed by atoms with Gasteiger partial charge in [-0.05, 0) is 62.7 Å². The number of fused-ring (bicyclic) bond motifs is 1. The first-order chi connectivity index (χ1) is 15.9. The van der Waals surface area contributed by atoms with Crippen molar-refractivity contribution in [2.45, 2.75) is 51.2 Å². The number of aryl methyl sites for hydroxylation is 1. The Morgan fingerprint density at radius 3 is 2.44 bits per heavy atom. The van der Waals surface area contributed by atoms with Gasteiger partial charge in [0.1, 0.15) is 17.7 Å². The van der Waals surface area contributed by atoms with Gasteiger partial charge in [0.15, 0.2) is 5.65 Å². The maximum absolute atomic E-state index is 13.4. The number of hydrogen-bond donors (Lipinski definition) is 0. The monoisotopic (exact) mass is 549 g/mol. The first-order valence-corrected chi connectivity index (χ1v) is 13.2. The summed E-state index contributed by atoms with van der Waals surface area (Å²) in [4.78, 5) is 25.3. The number of amides is 1. The van der Waals surface area contributed by atoms with Gasteiger partial charge in [-0.2, -0.15) is 0 Å². The number of carbonyl (C=O) groups excluding carboxylic acids is 1. The van der Waals surface area contributed by atoms with Gasteiger partial charge in [0.25, 0.3) is 10.0 Å². The number of aromatic nitrogens is 3. The maximum Gasteiger partial charge on any atom is 0.410 e. The quantitative estimate of drug-likeness (QED) is 0.483. The number of nitrogens with zero attached hydrogens (tertiary/aromatic N) is 5. The Morgan fingerprint density at radius 1 is 1.15 bits per heavy atom. The highest BCUT2D eigenvalue weighted by Crippen LogP contribution is 2.35. The minimum absolute atomic E-state index is 0.0664. The molecule has 0 radical (unpaired) electrons. The van der Waals surface area contributed by atoms with Gasteiger partial charge >= 0.3 is 6.09 Å². The molecule has 0 saturated carbocycles. The summed E-state index contributed by atoms with van der Waals surface area (Å²) < 4.78 is 34.0. The fourth-order valence-corrected chi connectivity index (χ4v) is 5.98. The lowest BCUT2D eigenvalue weighted by Crippen LogP contribution is -2.54. The Morgan fingerprint density at radius 2 is 1.82 bits per heavy atom. The van der Waals surface area contributed by atoms with Crippen LogP contribution in [-0.2, 0) is 14.8 Å². The molecule has 182 valence electrons. The predicted molar refractivity (Wildman–Crippen MR) is 134 cm³/mol. The average Bonchev–Trinajstić information content (AvgIpc) is 3.10. The van der Waals surface area contributed by atoms with Gasteiger partial charge in [0.05, 0.1) is 10.3 Å². The molecule has 1 fully saturated rings. The third kappa shape index (κ3) is 4.63. The molecular weight excluding hydrogens is 522 g/mol. The Hall–Kier alpha value is -2.66. The van der Waals surface area contributed by atoms with Gasteiger partial charge in [-0.1, -0.05) is 17.7 Å². The molecule has 1 atom stereocenters. The zero-order valence-electron chi connectivity index (χ0n) is 19.8. The second-order valence-electron chi connectivity index (χ2n) is 9.46. The molecule has 0 unspecified atom stereocenters. The van der Waals surface area contributed by atoms with Crippen molar-refractivity contribution in [3.8, 4) is 0 Å². The van der Waals surface area contributed by atoms with Gasteiger partial charge in [0.2, 0.25) is 0 Å². The Balaban J connectivity index is 1.68. The molecule has 34 heavy (non-hydrogen) atoms. The standard InChI is InChI=1S/C23H28BrN5O4S/c1-15-6-8-17(9-7-15)34(31,32)29-13-18(24)19-20(25-14-26-21(19)29)28-11-10-27(12-16(28)2)22(30)33-23(3,4)5/h6-9,13-14,16H,10-12H2,1-5H3/t16-/m0/s1. The van der Waals surface area contributed by atoms with Crippen LogP contribution in [0.4, 0.5) is 10.6 Å². The third-order valence-electron chi connectivity index (χ3n) is 5.61. The summed E-state index contributed by atoms with van der Waals surface area (Å²) in [6, 6.07) is 6.64. The van der Waals surface area contributed by atoms with Crippen LogP contribution in [0.2, 0.25) is 0 Å². The van der Waals surface area contributed by atoms with E-state index in [2.05, 4.69) is 30.8 Å². The second-order valence-corrected chi connectivity index (χ2v) is 12.1. The van der Waals surface area contributed by atoms with E-state index < -0.39 is 15.6 Å². The summed E-state index contributed by atoms with van der Waals surface area (Å²) in [5.74, 6) is 0.617. The van der Waals surface area contributed by atoms with E-state index in [9.17, 15) is 13.2 Å². The number of benzene rings is 1. The smallest absolute Gasteiger partial charge is 0.410 e. The van der Waals surface area contributed by atoms with Crippen LogP contribution in [0.15, 0.2) is 46.2 Å². The first-order valence-electron chi connectivity index (χ1n) is 11.0. The molecule has 0 spiro atoms. The van der Waals surface area contributed by atoms with Crippen molar-refractivity contribution >= 4 is 48.9 Å². The van der Waals surface area contributed by atoms with E-state index in [4.69, 9.17) is 4.74 Å². The lowest BCUT2D eigenvalue weighted by molar-refractivity contribution is 0.0218. The molecule has 9 nitrogen and oxygen atoms in total. The van der Waals surface area contributed by atoms with E-state index in [1.165, 1.54) is 16.5 Å². The lowest BCUT2D eigenvalue weighted by Gasteiger charge is -2.41. The molecule has 1 aromatic carbocycles. The molecule has 3 heterocycles. The maximum atomic E-state index is 13.4. The minimum Gasteiger partial charge on any atom is -0.444 e. The van der Waals surface area contributed by atoms with Crippen LogP contribution in [0, 0.1) is 6.92 Å². The van der Waals surface area contributed by atoms with Gasteiger partial charge in [-0.15, -0.1) is 0 Å². The van der Waals surface area contributed by atoms with Crippen LogP contribution in [0.5, 0.6) is 0 Å². The zero-order chi connectivity index (χ0) is 24.8. The summed E-state index contributed by atoms with van der Waals surface area (Å²) >= 11 is 3.52. The lowest BCUT2D eigenvalue weighted by atomic mass is 10.1. The zero-order valence-corrected chi connectivity index (χ0v) is 22.2. The molecule has 1 amide bonds. The molecule has 0 bridgehead atoms. The average molecular weight is 550 g/mol. The predicted octanol–water partition coefficient (Wildman–Crippen LogP) is 4.18. The van der Waals surface area contributed by atoms with Crippen molar-refractivity contribution in [3.63, 3.8) is 0 Å². The van der Waals surface area contributed by atoms with Gasteiger partial charge in [0, 0.05) is 36.3 Å². The fourth-order valence-electron chi connectivity index (χ4n) is 3.97. The molecule has 11 heteroatoms. The highest BCUT2D eigenvalue weighted by atomic mass is 79.9. The van der Waals surface area contributed by atoms with Crippen LogP contribution >= 0.6 is 15.9 Å². The normalized spacial score (nSPS) is 17.3. The minimum atomic E-state index is -3.85. The molecule has 3 aromatic rings. The van der Waals surface area contributed by atoms with E-state index in [1.54, 1.807) is 29.2 Å². The Bertz CT molecular complexity index is 1330. The van der Waals surface area contributed by atoms with Crippen LogP contribution < -0.4 is 4.90 Å². The number of anilines is 1. The highest BCUT2D eigenvalue weighted by Gasteiger charge is 2.33. The van der Waals surface area contributed by atoms with Gasteiger partial charge in [-0.25, -0.2) is 27.2 Å². The van der Waals surface area contributed by atoms with Crippen molar-refractivity contribution in [1.29, 1.82) is 0 Å². The van der Waals surface area contributed by atoms with Crippen molar-refractivity contribution in [1.82, 2.24) is 18.8 Å². The molecule has 2 aromatic heterocycles. The van der Waals surface area contributed by atoms with E-state index in [1.807, 2.05) is 34.6 Å². The van der Waals surface area contributed by atoms with E-state index in [0.717, 1.165) is 5.56 Å². The first kappa shape index (κ1) is 24.5. The van der Waals surface area contributed by atoms with Crippen molar-refractivity contribution < 1.29 is 17.9 Å². The van der Waals surface area contributed by atoms with Crippen molar-refractivity contribution in [3.05, 3.63) is 46.8 Å². The summed E-state index contributed by atoms with van der Waals surface area (Å²) in [6.45, 7) is 10.9. The second kappa shape index (κ2) is 8.84. The molecule has 1 aliphatic heterocycles. The van der Waals surface area contributed by atoms with E-state index in [-0.39, 0.29) is 17.0 Å². The van der Waals surface area contributed by atoms with E-state index >= 15 is 0 Å². The fraction of sp³-hybridized carbons (Fsp3) is 0.435. The number of hydrogen-bond acceptors (Lipinski definition) is 7. The number of ether oxygens (including phenoxy) is 1. The summed E-state index contributed by atoms with van der Waals surface area (Å²) in [5.41, 5.74) is 0.702.